The number of benzene rings is 1. The van der Waals surface area contributed by atoms with Crippen LogP contribution in [0, 0.1) is 11.6 Å². The maximum Gasteiger partial charge on any atom is 0.226 e. The zero-order valence-corrected chi connectivity index (χ0v) is 9.91. The van der Waals surface area contributed by atoms with E-state index in [4.69, 9.17) is 4.42 Å². The summed E-state index contributed by atoms with van der Waals surface area (Å²) in [4.78, 5) is 6.48. The molecule has 94 valence electrons. The van der Waals surface area contributed by atoms with Crippen molar-refractivity contribution in [2.45, 2.75) is 13.0 Å². The van der Waals surface area contributed by atoms with Gasteiger partial charge in [-0.3, -0.25) is 4.90 Å². The third kappa shape index (κ3) is 1.90. The Balaban J connectivity index is 2.00. The van der Waals surface area contributed by atoms with Gasteiger partial charge in [-0.1, -0.05) is 0 Å². The van der Waals surface area contributed by atoms with E-state index in [1.807, 2.05) is 7.05 Å². The van der Waals surface area contributed by atoms with E-state index in [9.17, 15) is 8.78 Å². The summed E-state index contributed by atoms with van der Waals surface area (Å²) in [6.45, 7) is 1.64. The quantitative estimate of drug-likeness (QED) is 0.779. The Kier molecular flexibility index (Phi) is 2.63. The van der Waals surface area contributed by atoms with Crippen molar-refractivity contribution in [3.05, 3.63) is 41.3 Å². The fourth-order valence-electron chi connectivity index (χ4n) is 2.08. The van der Waals surface area contributed by atoms with E-state index >= 15 is 0 Å². The second kappa shape index (κ2) is 4.17. The van der Waals surface area contributed by atoms with E-state index in [1.165, 1.54) is 6.07 Å². The first-order chi connectivity index (χ1) is 8.63. The fraction of sp³-hybridized carbons (Fsp3) is 0.308. The zero-order chi connectivity index (χ0) is 12.7. The highest BCUT2D eigenvalue weighted by Gasteiger charge is 2.21. The summed E-state index contributed by atoms with van der Waals surface area (Å²) in [7, 11) is 2.01. The largest absolute Gasteiger partial charge is 0.441 e. The Morgan fingerprint density at radius 1 is 1.28 bits per heavy atom. The normalized spacial score (nSPS) is 15.7. The SMILES string of the molecule is CN1CCc2oc(-c3ccc(F)c(F)c3)nc2C1. The van der Waals surface area contributed by atoms with E-state index in [1.54, 1.807) is 0 Å². The third-order valence-electron chi connectivity index (χ3n) is 3.09. The van der Waals surface area contributed by atoms with Gasteiger partial charge in [0, 0.05) is 25.1 Å². The first kappa shape index (κ1) is 11.3. The lowest BCUT2D eigenvalue weighted by Gasteiger charge is -2.19. The molecule has 2 heterocycles. The Morgan fingerprint density at radius 3 is 2.89 bits per heavy atom. The maximum absolute atomic E-state index is 13.2. The van der Waals surface area contributed by atoms with E-state index in [2.05, 4.69) is 9.88 Å². The minimum atomic E-state index is -0.888. The van der Waals surface area contributed by atoms with Crippen LogP contribution in [0.3, 0.4) is 0 Å². The van der Waals surface area contributed by atoms with E-state index < -0.39 is 11.6 Å². The highest BCUT2D eigenvalue weighted by atomic mass is 19.2. The first-order valence-electron chi connectivity index (χ1n) is 5.76. The van der Waals surface area contributed by atoms with Crippen LogP contribution >= 0.6 is 0 Å². The molecule has 0 fully saturated rings. The smallest absolute Gasteiger partial charge is 0.226 e. The van der Waals surface area contributed by atoms with Crippen LogP contribution in [-0.4, -0.2) is 23.5 Å². The average Bonchev–Trinajstić information content (AvgIpc) is 2.75. The molecule has 3 nitrogen and oxygen atoms in total. The number of aromatic nitrogens is 1. The van der Waals surface area contributed by atoms with Crippen LogP contribution in [-0.2, 0) is 13.0 Å². The number of halogens is 2. The van der Waals surface area contributed by atoms with Crippen molar-refractivity contribution in [2.24, 2.45) is 0 Å². The third-order valence-corrected chi connectivity index (χ3v) is 3.09. The van der Waals surface area contributed by atoms with Gasteiger partial charge in [-0.2, -0.15) is 0 Å². The lowest BCUT2D eigenvalue weighted by molar-refractivity contribution is 0.292. The predicted molar refractivity (Wildman–Crippen MR) is 61.9 cm³/mol. The second-order valence-electron chi connectivity index (χ2n) is 4.51. The topological polar surface area (TPSA) is 29.3 Å². The summed E-state index contributed by atoms with van der Waals surface area (Å²) in [5.74, 6) is -0.558. The second-order valence-corrected chi connectivity index (χ2v) is 4.51. The molecule has 0 saturated carbocycles. The van der Waals surface area contributed by atoms with Gasteiger partial charge in [0.05, 0.1) is 5.69 Å². The zero-order valence-electron chi connectivity index (χ0n) is 9.91. The molecule has 0 aliphatic carbocycles. The highest BCUT2D eigenvalue weighted by Crippen LogP contribution is 2.26. The monoisotopic (exact) mass is 250 g/mol. The van der Waals surface area contributed by atoms with Gasteiger partial charge in [0.1, 0.15) is 5.76 Å². The van der Waals surface area contributed by atoms with Crippen LogP contribution in [0.15, 0.2) is 22.6 Å². The molecule has 0 radical (unpaired) electrons. The summed E-state index contributed by atoms with van der Waals surface area (Å²) >= 11 is 0. The van der Waals surface area contributed by atoms with Crippen LogP contribution < -0.4 is 0 Å². The van der Waals surface area contributed by atoms with Gasteiger partial charge >= 0.3 is 0 Å². The molecular weight excluding hydrogens is 238 g/mol. The molecule has 2 aromatic rings. The minimum absolute atomic E-state index is 0.356. The van der Waals surface area contributed by atoms with Gasteiger partial charge in [-0.25, -0.2) is 13.8 Å². The van der Waals surface area contributed by atoms with Crippen molar-refractivity contribution in [3.63, 3.8) is 0 Å². The molecule has 1 aliphatic rings. The average molecular weight is 250 g/mol. The van der Waals surface area contributed by atoms with Crippen molar-refractivity contribution in [3.8, 4) is 11.5 Å². The van der Waals surface area contributed by atoms with Crippen LogP contribution in [0.5, 0.6) is 0 Å². The summed E-state index contributed by atoms with van der Waals surface area (Å²) in [6.07, 6.45) is 0.794. The molecule has 3 rings (SSSR count). The lowest BCUT2D eigenvalue weighted by atomic mass is 10.2. The molecule has 18 heavy (non-hydrogen) atoms. The van der Waals surface area contributed by atoms with Gasteiger partial charge in [0.2, 0.25) is 5.89 Å². The van der Waals surface area contributed by atoms with Crippen molar-refractivity contribution < 1.29 is 13.2 Å². The molecule has 0 atom stereocenters. The van der Waals surface area contributed by atoms with Gasteiger partial charge in [-0.05, 0) is 25.2 Å². The van der Waals surface area contributed by atoms with Gasteiger partial charge in [0.25, 0.3) is 0 Å². The van der Waals surface area contributed by atoms with Crippen LogP contribution in [0.2, 0.25) is 0 Å². The lowest BCUT2D eigenvalue weighted by Crippen LogP contribution is -2.25. The summed E-state index contributed by atoms with van der Waals surface area (Å²) in [5.41, 5.74) is 1.34. The summed E-state index contributed by atoms with van der Waals surface area (Å²) in [6, 6.07) is 3.66. The van der Waals surface area contributed by atoms with Crippen molar-refractivity contribution in [2.75, 3.05) is 13.6 Å². The number of rotatable bonds is 1. The van der Waals surface area contributed by atoms with E-state index in [-0.39, 0.29) is 0 Å². The maximum atomic E-state index is 13.2. The molecule has 0 amide bonds. The van der Waals surface area contributed by atoms with Crippen LogP contribution in [0.25, 0.3) is 11.5 Å². The Hall–Kier alpha value is -1.75. The molecule has 0 unspecified atom stereocenters. The standard InChI is InChI=1S/C13H12F2N2O/c1-17-5-4-12-11(7-17)16-13(18-12)8-2-3-9(14)10(15)6-8/h2-3,6H,4-5,7H2,1H3. The summed E-state index contributed by atoms with van der Waals surface area (Å²) < 4.78 is 31.6. The minimum Gasteiger partial charge on any atom is -0.441 e. The van der Waals surface area contributed by atoms with Crippen LogP contribution in [0.4, 0.5) is 8.78 Å². The molecular formula is C13H12F2N2O. The fourth-order valence-corrected chi connectivity index (χ4v) is 2.08. The van der Waals surface area contributed by atoms with E-state index in [0.29, 0.717) is 11.5 Å². The Labute approximate surface area is 103 Å². The summed E-state index contributed by atoms with van der Waals surface area (Å²) in [5, 5.41) is 0. The number of likely N-dealkylation sites (N-methyl/N-ethyl adjacent to an activating group) is 1. The molecule has 1 aromatic heterocycles. The Bertz CT molecular complexity index is 595. The highest BCUT2D eigenvalue weighted by molar-refractivity contribution is 5.53. The first-order valence-corrected chi connectivity index (χ1v) is 5.76. The molecule has 0 spiro atoms. The molecule has 1 aromatic carbocycles. The van der Waals surface area contributed by atoms with Crippen molar-refractivity contribution in [1.82, 2.24) is 9.88 Å². The van der Waals surface area contributed by atoms with Crippen molar-refractivity contribution in [1.29, 1.82) is 0 Å². The molecule has 0 bridgehead atoms. The number of oxazole rings is 1. The van der Waals surface area contributed by atoms with Crippen molar-refractivity contribution >= 4 is 0 Å². The molecule has 1 aliphatic heterocycles. The Morgan fingerprint density at radius 2 is 2.11 bits per heavy atom. The van der Waals surface area contributed by atoms with E-state index in [0.717, 1.165) is 43.1 Å². The predicted octanol–water partition coefficient (Wildman–Crippen LogP) is 2.61. The van der Waals surface area contributed by atoms with Gasteiger partial charge < -0.3 is 4.42 Å². The number of hydrogen-bond donors (Lipinski definition) is 0. The number of nitrogens with zero attached hydrogens (tertiary/aromatic N) is 2. The van der Waals surface area contributed by atoms with Gasteiger partial charge in [-0.15, -0.1) is 0 Å². The molecule has 0 N–H and O–H groups in total. The molecule has 5 heteroatoms. The van der Waals surface area contributed by atoms with Gasteiger partial charge in [0.15, 0.2) is 11.6 Å². The number of hydrogen-bond acceptors (Lipinski definition) is 3. The van der Waals surface area contributed by atoms with Crippen LogP contribution in [0.1, 0.15) is 11.5 Å². The number of fused-ring (bicyclic) bond motifs is 1. The molecule has 0 saturated heterocycles.